The van der Waals surface area contributed by atoms with Crippen LogP contribution in [0, 0.1) is 0 Å². The average Bonchev–Trinajstić information content (AvgIpc) is 2.47. The molecule has 74 valence electrons. The Bertz CT molecular complexity index is 366. The topological polar surface area (TPSA) is 73.3 Å². The molecular formula is C8H13NO3S. The minimum Gasteiger partial charge on any atom is -0.451 e. The van der Waals surface area contributed by atoms with Crippen molar-refractivity contribution in [2.45, 2.75) is 31.3 Å². The molecule has 13 heavy (non-hydrogen) atoms. The number of sulfonamides is 1. The molecule has 0 amide bonds. The SMILES string of the molecule is CCCCc1ccoc1S(N)(=O)=O. The van der Waals surface area contributed by atoms with Gasteiger partial charge in [0.25, 0.3) is 10.0 Å². The van der Waals surface area contributed by atoms with E-state index in [1.54, 1.807) is 6.07 Å². The van der Waals surface area contributed by atoms with Gasteiger partial charge in [0.1, 0.15) is 0 Å². The quantitative estimate of drug-likeness (QED) is 0.800. The monoisotopic (exact) mass is 203 g/mol. The second-order valence-electron chi connectivity index (χ2n) is 2.88. The molecule has 0 saturated carbocycles. The number of hydrogen-bond donors (Lipinski definition) is 1. The number of hydrogen-bond acceptors (Lipinski definition) is 3. The highest BCUT2D eigenvalue weighted by Gasteiger charge is 2.16. The van der Waals surface area contributed by atoms with Gasteiger partial charge in [0, 0.05) is 5.56 Å². The van der Waals surface area contributed by atoms with Crippen molar-refractivity contribution in [1.82, 2.24) is 0 Å². The third-order valence-electron chi connectivity index (χ3n) is 1.76. The van der Waals surface area contributed by atoms with Crippen molar-refractivity contribution in [2.24, 2.45) is 5.14 Å². The molecule has 1 aromatic heterocycles. The summed E-state index contributed by atoms with van der Waals surface area (Å²) in [5.41, 5.74) is 0.671. The van der Waals surface area contributed by atoms with E-state index in [0.29, 0.717) is 12.0 Å². The number of rotatable bonds is 4. The number of unbranched alkanes of at least 4 members (excludes halogenated alkanes) is 1. The second-order valence-corrected chi connectivity index (χ2v) is 4.34. The summed E-state index contributed by atoms with van der Waals surface area (Å²) in [6.45, 7) is 2.04. The molecule has 0 spiro atoms. The molecule has 0 aliphatic rings. The van der Waals surface area contributed by atoms with Crippen LogP contribution in [-0.2, 0) is 16.4 Å². The molecule has 2 N–H and O–H groups in total. The normalized spacial score (nSPS) is 11.8. The zero-order valence-corrected chi connectivity index (χ0v) is 8.30. The van der Waals surface area contributed by atoms with E-state index in [1.165, 1.54) is 6.26 Å². The standard InChI is InChI=1S/C8H13NO3S/c1-2-3-4-7-5-6-12-8(7)13(9,10)11/h5-6H,2-4H2,1H3,(H2,9,10,11). The number of aryl methyl sites for hydroxylation is 1. The third kappa shape index (κ3) is 2.57. The molecule has 0 saturated heterocycles. The van der Waals surface area contributed by atoms with Crippen LogP contribution in [0.5, 0.6) is 0 Å². The predicted octanol–water partition coefficient (Wildman–Crippen LogP) is 1.27. The zero-order chi connectivity index (χ0) is 9.90. The fourth-order valence-electron chi connectivity index (χ4n) is 1.12. The predicted molar refractivity (Wildman–Crippen MR) is 48.7 cm³/mol. The summed E-state index contributed by atoms with van der Waals surface area (Å²) < 4.78 is 26.7. The Balaban J connectivity index is 2.90. The smallest absolute Gasteiger partial charge is 0.271 e. The van der Waals surface area contributed by atoms with E-state index in [4.69, 9.17) is 9.56 Å². The summed E-state index contributed by atoms with van der Waals surface area (Å²) >= 11 is 0. The van der Waals surface area contributed by atoms with Crippen LogP contribution in [0.25, 0.3) is 0 Å². The molecule has 1 aromatic rings. The van der Waals surface area contributed by atoms with Crippen molar-refractivity contribution >= 4 is 10.0 Å². The molecule has 0 radical (unpaired) electrons. The molecule has 4 nitrogen and oxygen atoms in total. The molecule has 0 atom stereocenters. The molecule has 0 aliphatic heterocycles. The van der Waals surface area contributed by atoms with E-state index >= 15 is 0 Å². The van der Waals surface area contributed by atoms with Gasteiger partial charge in [-0.05, 0) is 18.9 Å². The third-order valence-corrected chi connectivity index (χ3v) is 2.64. The van der Waals surface area contributed by atoms with E-state index < -0.39 is 10.0 Å². The Morgan fingerprint density at radius 3 is 2.77 bits per heavy atom. The van der Waals surface area contributed by atoms with Crippen LogP contribution in [-0.4, -0.2) is 8.42 Å². The Morgan fingerprint density at radius 2 is 2.23 bits per heavy atom. The second kappa shape index (κ2) is 3.93. The van der Waals surface area contributed by atoms with Gasteiger partial charge in [0.05, 0.1) is 6.26 Å². The molecule has 0 aliphatic carbocycles. The first-order valence-corrected chi connectivity index (χ1v) is 5.69. The lowest BCUT2D eigenvalue weighted by molar-refractivity contribution is 0.443. The summed E-state index contributed by atoms with van der Waals surface area (Å²) in [6.07, 6.45) is 3.99. The molecule has 0 fully saturated rings. The zero-order valence-electron chi connectivity index (χ0n) is 7.49. The highest BCUT2D eigenvalue weighted by atomic mass is 32.2. The van der Waals surface area contributed by atoms with Crippen molar-refractivity contribution in [3.05, 3.63) is 17.9 Å². The van der Waals surface area contributed by atoms with E-state index in [2.05, 4.69) is 0 Å². The summed E-state index contributed by atoms with van der Waals surface area (Å²) in [7, 11) is -3.69. The first-order valence-electron chi connectivity index (χ1n) is 4.15. The van der Waals surface area contributed by atoms with Crippen LogP contribution in [0.4, 0.5) is 0 Å². The highest BCUT2D eigenvalue weighted by Crippen LogP contribution is 2.17. The Labute approximate surface area is 77.8 Å². The van der Waals surface area contributed by atoms with Gasteiger partial charge in [0.2, 0.25) is 5.09 Å². The molecule has 0 unspecified atom stereocenters. The summed E-state index contributed by atoms with van der Waals surface area (Å²) in [6, 6.07) is 1.65. The fourth-order valence-corrected chi connectivity index (χ4v) is 1.85. The van der Waals surface area contributed by atoms with Gasteiger partial charge >= 0.3 is 0 Å². The van der Waals surface area contributed by atoms with E-state index in [9.17, 15) is 8.42 Å². The largest absolute Gasteiger partial charge is 0.451 e. The van der Waals surface area contributed by atoms with Crippen molar-refractivity contribution in [3.8, 4) is 0 Å². The van der Waals surface area contributed by atoms with Gasteiger partial charge in [-0.15, -0.1) is 0 Å². The van der Waals surface area contributed by atoms with Crippen molar-refractivity contribution < 1.29 is 12.8 Å². The van der Waals surface area contributed by atoms with Crippen LogP contribution in [0.3, 0.4) is 0 Å². The van der Waals surface area contributed by atoms with Gasteiger partial charge in [0.15, 0.2) is 0 Å². The molecule has 0 bridgehead atoms. The maximum atomic E-state index is 11.0. The van der Waals surface area contributed by atoms with Crippen LogP contribution >= 0.6 is 0 Å². The van der Waals surface area contributed by atoms with E-state index in [1.807, 2.05) is 6.92 Å². The first kappa shape index (κ1) is 10.3. The van der Waals surface area contributed by atoms with Gasteiger partial charge in [-0.25, -0.2) is 13.6 Å². The highest BCUT2D eigenvalue weighted by molar-refractivity contribution is 7.89. The Hall–Kier alpha value is -0.810. The van der Waals surface area contributed by atoms with Crippen molar-refractivity contribution in [1.29, 1.82) is 0 Å². The minimum absolute atomic E-state index is 0.0963. The fraction of sp³-hybridized carbons (Fsp3) is 0.500. The molecule has 5 heteroatoms. The summed E-state index contributed by atoms with van der Waals surface area (Å²) in [5, 5.41) is 4.86. The van der Waals surface area contributed by atoms with Crippen molar-refractivity contribution in [3.63, 3.8) is 0 Å². The van der Waals surface area contributed by atoms with Gasteiger partial charge in [-0.2, -0.15) is 0 Å². The first-order chi connectivity index (χ1) is 6.05. The maximum Gasteiger partial charge on any atom is 0.271 e. The lowest BCUT2D eigenvalue weighted by Crippen LogP contribution is -2.13. The van der Waals surface area contributed by atoms with Crippen LogP contribution in [0.2, 0.25) is 0 Å². The Morgan fingerprint density at radius 1 is 1.54 bits per heavy atom. The van der Waals surface area contributed by atoms with E-state index in [-0.39, 0.29) is 5.09 Å². The van der Waals surface area contributed by atoms with Gasteiger partial charge < -0.3 is 4.42 Å². The van der Waals surface area contributed by atoms with Gasteiger partial charge in [-0.1, -0.05) is 13.3 Å². The molecule has 1 heterocycles. The lowest BCUT2D eigenvalue weighted by Gasteiger charge is -1.98. The van der Waals surface area contributed by atoms with Crippen LogP contribution in [0.1, 0.15) is 25.3 Å². The van der Waals surface area contributed by atoms with Gasteiger partial charge in [-0.3, -0.25) is 0 Å². The molecule has 0 aromatic carbocycles. The molecule has 1 rings (SSSR count). The number of primary sulfonamides is 1. The lowest BCUT2D eigenvalue weighted by atomic mass is 10.2. The number of nitrogens with two attached hydrogens (primary N) is 1. The maximum absolute atomic E-state index is 11.0. The summed E-state index contributed by atoms with van der Waals surface area (Å²) in [4.78, 5) is 0. The van der Waals surface area contributed by atoms with Crippen LogP contribution < -0.4 is 5.14 Å². The number of furan rings is 1. The summed E-state index contributed by atoms with van der Waals surface area (Å²) in [5.74, 6) is 0. The van der Waals surface area contributed by atoms with E-state index in [0.717, 1.165) is 12.8 Å². The average molecular weight is 203 g/mol. The van der Waals surface area contributed by atoms with Crippen molar-refractivity contribution in [2.75, 3.05) is 0 Å². The minimum atomic E-state index is -3.69. The van der Waals surface area contributed by atoms with Crippen LogP contribution in [0.15, 0.2) is 21.8 Å². The molecular weight excluding hydrogens is 190 g/mol. The Kier molecular flexibility index (Phi) is 3.11.